The molecule has 1 rings (SSSR count). The number of rotatable bonds is 1. The van der Waals surface area contributed by atoms with Crippen molar-refractivity contribution >= 4 is 0 Å². The molecule has 0 bridgehead atoms. The van der Waals surface area contributed by atoms with Crippen molar-refractivity contribution in [2.45, 2.75) is 19.5 Å². The lowest BCUT2D eigenvalue weighted by atomic mass is 10.1. The number of aromatic nitrogens is 1. The Morgan fingerprint density at radius 1 is 1.67 bits per heavy atom. The van der Waals surface area contributed by atoms with E-state index in [2.05, 4.69) is 9.68 Å². The SMILES string of the molecule is CC(C)(F)c1ccno1. The highest BCUT2D eigenvalue weighted by Crippen LogP contribution is 2.22. The smallest absolute Gasteiger partial charge is 0.173 e. The third kappa shape index (κ3) is 1.28. The Morgan fingerprint density at radius 2 is 2.33 bits per heavy atom. The van der Waals surface area contributed by atoms with Crippen molar-refractivity contribution < 1.29 is 8.91 Å². The van der Waals surface area contributed by atoms with Gasteiger partial charge in [-0.15, -0.1) is 0 Å². The van der Waals surface area contributed by atoms with Gasteiger partial charge in [-0.1, -0.05) is 5.16 Å². The maximum atomic E-state index is 12.8. The Kier molecular flexibility index (Phi) is 1.27. The Bertz CT molecular complexity index is 175. The summed E-state index contributed by atoms with van der Waals surface area (Å²) in [4.78, 5) is 0. The fourth-order valence-corrected chi connectivity index (χ4v) is 0.522. The van der Waals surface area contributed by atoms with Crippen LogP contribution in [0.1, 0.15) is 19.6 Å². The van der Waals surface area contributed by atoms with E-state index in [1.165, 1.54) is 26.1 Å². The van der Waals surface area contributed by atoms with Gasteiger partial charge in [0.05, 0.1) is 6.20 Å². The highest BCUT2D eigenvalue weighted by atomic mass is 19.1. The molecule has 0 fully saturated rings. The zero-order valence-electron chi connectivity index (χ0n) is 5.39. The van der Waals surface area contributed by atoms with Crippen LogP contribution < -0.4 is 0 Å². The Hall–Kier alpha value is -0.860. The molecule has 1 heterocycles. The summed E-state index contributed by atoms with van der Waals surface area (Å²) in [6, 6.07) is 1.51. The van der Waals surface area contributed by atoms with Crippen molar-refractivity contribution in [3.8, 4) is 0 Å². The molecule has 1 aromatic heterocycles. The number of halogens is 1. The molecule has 50 valence electrons. The molecule has 0 aliphatic rings. The van der Waals surface area contributed by atoms with Crippen LogP contribution >= 0.6 is 0 Å². The second kappa shape index (κ2) is 1.83. The summed E-state index contributed by atoms with van der Waals surface area (Å²) < 4.78 is 17.4. The van der Waals surface area contributed by atoms with Crippen LogP contribution in [0.4, 0.5) is 4.39 Å². The Morgan fingerprint density at radius 3 is 2.56 bits per heavy atom. The van der Waals surface area contributed by atoms with E-state index in [-0.39, 0.29) is 5.76 Å². The van der Waals surface area contributed by atoms with Gasteiger partial charge < -0.3 is 4.52 Å². The molecule has 0 amide bonds. The van der Waals surface area contributed by atoms with E-state index in [0.29, 0.717) is 0 Å². The van der Waals surface area contributed by atoms with Crippen molar-refractivity contribution in [1.82, 2.24) is 5.16 Å². The minimum absolute atomic E-state index is 0.266. The van der Waals surface area contributed by atoms with Gasteiger partial charge in [0.1, 0.15) is 0 Å². The minimum atomic E-state index is -1.41. The quantitative estimate of drug-likeness (QED) is 0.578. The summed E-state index contributed by atoms with van der Waals surface area (Å²) in [6.45, 7) is 2.85. The molecule has 9 heavy (non-hydrogen) atoms. The van der Waals surface area contributed by atoms with E-state index in [0.717, 1.165) is 0 Å². The molecule has 0 saturated heterocycles. The van der Waals surface area contributed by atoms with Crippen molar-refractivity contribution in [2.24, 2.45) is 0 Å². The van der Waals surface area contributed by atoms with Gasteiger partial charge in [-0.25, -0.2) is 4.39 Å². The first-order valence-electron chi connectivity index (χ1n) is 2.71. The number of alkyl halides is 1. The van der Waals surface area contributed by atoms with Crippen LogP contribution in [0.15, 0.2) is 16.8 Å². The van der Waals surface area contributed by atoms with E-state index in [1.807, 2.05) is 0 Å². The average Bonchev–Trinajstić information content (AvgIpc) is 2.08. The van der Waals surface area contributed by atoms with Crippen LogP contribution in [0.2, 0.25) is 0 Å². The summed E-state index contributed by atoms with van der Waals surface area (Å²) >= 11 is 0. The highest BCUT2D eigenvalue weighted by molar-refractivity contribution is 5.02. The maximum Gasteiger partial charge on any atom is 0.173 e. The van der Waals surface area contributed by atoms with Gasteiger partial charge in [0.25, 0.3) is 0 Å². The van der Waals surface area contributed by atoms with Gasteiger partial charge in [-0.3, -0.25) is 0 Å². The Labute approximate surface area is 52.7 Å². The van der Waals surface area contributed by atoms with Gasteiger partial charge >= 0.3 is 0 Å². The molecule has 0 unspecified atom stereocenters. The second-order valence-electron chi connectivity index (χ2n) is 2.35. The van der Waals surface area contributed by atoms with Crippen LogP contribution in [0, 0.1) is 0 Å². The van der Waals surface area contributed by atoms with Gasteiger partial charge in [-0.2, -0.15) is 0 Å². The predicted molar refractivity (Wildman–Crippen MR) is 30.6 cm³/mol. The lowest BCUT2D eigenvalue weighted by Gasteiger charge is -2.06. The molecule has 1 aromatic rings. The number of nitrogens with zero attached hydrogens (tertiary/aromatic N) is 1. The van der Waals surface area contributed by atoms with Gasteiger partial charge in [0.2, 0.25) is 0 Å². The fraction of sp³-hybridized carbons (Fsp3) is 0.500. The van der Waals surface area contributed by atoms with E-state index >= 15 is 0 Å². The predicted octanol–water partition coefficient (Wildman–Crippen LogP) is 1.88. The van der Waals surface area contributed by atoms with Gasteiger partial charge in [0, 0.05) is 6.07 Å². The van der Waals surface area contributed by atoms with Crippen LogP contribution in [0.5, 0.6) is 0 Å². The standard InChI is InChI=1S/C6H8FNO/c1-6(2,7)5-3-4-8-9-5/h3-4H,1-2H3. The zero-order valence-corrected chi connectivity index (χ0v) is 5.39. The molecule has 2 nitrogen and oxygen atoms in total. The van der Waals surface area contributed by atoms with Crippen molar-refractivity contribution in [3.05, 3.63) is 18.0 Å². The van der Waals surface area contributed by atoms with Crippen LogP contribution in [-0.2, 0) is 5.67 Å². The molecule has 0 atom stereocenters. The second-order valence-corrected chi connectivity index (χ2v) is 2.35. The molecule has 0 N–H and O–H groups in total. The first kappa shape index (κ1) is 6.26. The lowest BCUT2D eigenvalue weighted by Crippen LogP contribution is -2.06. The monoisotopic (exact) mass is 129 g/mol. The average molecular weight is 129 g/mol. The molecule has 0 saturated carbocycles. The van der Waals surface area contributed by atoms with Crippen LogP contribution in [0.25, 0.3) is 0 Å². The summed E-state index contributed by atoms with van der Waals surface area (Å²) in [6.07, 6.45) is 1.43. The van der Waals surface area contributed by atoms with Gasteiger partial charge in [0.15, 0.2) is 11.4 Å². The zero-order chi connectivity index (χ0) is 6.91. The molecule has 0 aromatic carbocycles. The van der Waals surface area contributed by atoms with E-state index in [1.54, 1.807) is 0 Å². The van der Waals surface area contributed by atoms with Crippen LogP contribution in [0.3, 0.4) is 0 Å². The Balaban J connectivity index is 2.90. The maximum absolute atomic E-state index is 12.8. The summed E-state index contributed by atoms with van der Waals surface area (Å²) in [5.41, 5.74) is -1.41. The van der Waals surface area contributed by atoms with Crippen molar-refractivity contribution in [1.29, 1.82) is 0 Å². The van der Waals surface area contributed by atoms with E-state index in [4.69, 9.17) is 0 Å². The first-order valence-corrected chi connectivity index (χ1v) is 2.71. The minimum Gasteiger partial charge on any atom is -0.358 e. The molecule has 3 heteroatoms. The molecular weight excluding hydrogens is 121 g/mol. The summed E-state index contributed by atoms with van der Waals surface area (Å²) in [7, 11) is 0. The number of hydrogen-bond acceptors (Lipinski definition) is 2. The van der Waals surface area contributed by atoms with Gasteiger partial charge in [-0.05, 0) is 13.8 Å². The molecule has 0 aliphatic heterocycles. The normalized spacial score (nSPS) is 11.9. The topological polar surface area (TPSA) is 26.0 Å². The molecule has 0 radical (unpaired) electrons. The number of hydrogen-bond donors (Lipinski definition) is 0. The summed E-state index contributed by atoms with van der Waals surface area (Å²) in [5, 5.41) is 3.37. The van der Waals surface area contributed by atoms with Crippen molar-refractivity contribution in [2.75, 3.05) is 0 Å². The van der Waals surface area contributed by atoms with Crippen LogP contribution in [-0.4, -0.2) is 5.16 Å². The first-order chi connectivity index (χ1) is 4.11. The summed E-state index contributed by atoms with van der Waals surface area (Å²) in [5.74, 6) is 0.266. The van der Waals surface area contributed by atoms with E-state index in [9.17, 15) is 4.39 Å². The molecule has 0 aliphatic carbocycles. The third-order valence-corrected chi connectivity index (χ3v) is 1.02. The van der Waals surface area contributed by atoms with E-state index < -0.39 is 5.67 Å². The fourth-order valence-electron chi connectivity index (χ4n) is 0.522. The largest absolute Gasteiger partial charge is 0.358 e. The molecular formula is C6H8FNO. The van der Waals surface area contributed by atoms with Crippen molar-refractivity contribution in [3.63, 3.8) is 0 Å². The molecule has 0 spiro atoms. The third-order valence-electron chi connectivity index (χ3n) is 1.02. The lowest BCUT2D eigenvalue weighted by molar-refractivity contribution is 0.163. The highest BCUT2D eigenvalue weighted by Gasteiger charge is 2.22.